The maximum absolute atomic E-state index is 10.5. The fraction of sp³-hybridized carbons (Fsp3) is 0.667. The Morgan fingerprint density at radius 3 is 2.20 bits per heavy atom. The van der Waals surface area contributed by atoms with Crippen molar-refractivity contribution < 1.29 is 4.79 Å². The summed E-state index contributed by atoms with van der Waals surface area (Å²) in [5.41, 5.74) is 0. The van der Waals surface area contributed by atoms with E-state index in [4.69, 9.17) is 0 Å². The molecule has 10 heavy (non-hydrogen) atoms. The SMILES string of the molecule is C=CC1CCCC[C@H]1C=O. The predicted molar refractivity (Wildman–Crippen MR) is 41.7 cm³/mol. The molecule has 0 N–H and O–H groups in total. The van der Waals surface area contributed by atoms with Crippen LogP contribution < -0.4 is 0 Å². The van der Waals surface area contributed by atoms with Gasteiger partial charge < -0.3 is 4.79 Å². The molecule has 1 heteroatoms. The second-order valence-corrected chi connectivity index (χ2v) is 2.98. The van der Waals surface area contributed by atoms with Gasteiger partial charge in [-0.2, -0.15) is 0 Å². The molecule has 0 aromatic rings. The highest BCUT2D eigenvalue weighted by molar-refractivity contribution is 5.54. The molecule has 2 atom stereocenters. The lowest BCUT2D eigenvalue weighted by atomic mass is 9.80. The third-order valence-corrected chi connectivity index (χ3v) is 2.35. The van der Waals surface area contributed by atoms with E-state index in [0.717, 1.165) is 19.1 Å². The molecular formula is C9H14O. The first kappa shape index (κ1) is 7.52. The van der Waals surface area contributed by atoms with Gasteiger partial charge in [0.25, 0.3) is 0 Å². The zero-order valence-corrected chi connectivity index (χ0v) is 6.25. The van der Waals surface area contributed by atoms with Crippen LogP contribution in [-0.2, 0) is 4.79 Å². The highest BCUT2D eigenvalue weighted by Gasteiger charge is 2.21. The van der Waals surface area contributed by atoms with Crippen molar-refractivity contribution >= 4 is 6.29 Å². The number of rotatable bonds is 2. The van der Waals surface area contributed by atoms with Gasteiger partial charge in [-0.25, -0.2) is 0 Å². The lowest BCUT2D eigenvalue weighted by Crippen LogP contribution is -2.18. The van der Waals surface area contributed by atoms with Crippen LogP contribution in [0.4, 0.5) is 0 Å². The van der Waals surface area contributed by atoms with Gasteiger partial charge in [0.15, 0.2) is 0 Å². The summed E-state index contributed by atoms with van der Waals surface area (Å²) in [6.07, 6.45) is 7.73. The number of allylic oxidation sites excluding steroid dienone is 1. The van der Waals surface area contributed by atoms with Gasteiger partial charge in [0.2, 0.25) is 0 Å². The van der Waals surface area contributed by atoms with Crippen molar-refractivity contribution in [3.8, 4) is 0 Å². The molecule has 0 aliphatic heterocycles. The predicted octanol–water partition coefficient (Wildman–Crippen LogP) is 2.18. The molecule has 0 bridgehead atoms. The molecule has 56 valence electrons. The van der Waals surface area contributed by atoms with E-state index in [1.54, 1.807) is 0 Å². The summed E-state index contributed by atoms with van der Waals surface area (Å²) in [5, 5.41) is 0. The third-order valence-electron chi connectivity index (χ3n) is 2.35. The van der Waals surface area contributed by atoms with Crippen LogP contribution in [-0.4, -0.2) is 6.29 Å². The Balaban J connectivity index is 2.49. The van der Waals surface area contributed by atoms with Gasteiger partial charge in [-0.1, -0.05) is 18.9 Å². The van der Waals surface area contributed by atoms with Crippen molar-refractivity contribution in [2.45, 2.75) is 25.7 Å². The van der Waals surface area contributed by atoms with Gasteiger partial charge in [-0.3, -0.25) is 0 Å². The van der Waals surface area contributed by atoms with E-state index in [0.29, 0.717) is 5.92 Å². The fourth-order valence-corrected chi connectivity index (χ4v) is 1.65. The summed E-state index contributed by atoms with van der Waals surface area (Å²) in [5.74, 6) is 0.734. The molecule has 1 aliphatic carbocycles. The second-order valence-electron chi connectivity index (χ2n) is 2.98. The van der Waals surface area contributed by atoms with Crippen LogP contribution in [0.25, 0.3) is 0 Å². The second kappa shape index (κ2) is 3.55. The molecule has 1 saturated carbocycles. The number of hydrogen-bond acceptors (Lipinski definition) is 1. The minimum Gasteiger partial charge on any atom is -0.303 e. The molecule has 1 nitrogen and oxygen atoms in total. The average molecular weight is 138 g/mol. The van der Waals surface area contributed by atoms with Crippen molar-refractivity contribution in [3.63, 3.8) is 0 Å². The summed E-state index contributed by atoms with van der Waals surface area (Å²) >= 11 is 0. The topological polar surface area (TPSA) is 17.1 Å². The van der Waals surface area contributed by atoms with Crippen LogP contribution in [0.3, 0.4) is 0 Å². The van der Waals surface area contributed by atoms with Gasteiger partial charge in [0.1, 0.15) is 6.29 Å². The maximum Gasteiger partial charge on any atom is 0.123 e. The van der Waals surface area contributed by atoms with E-state index in [-0.39, 0.29) is 5.92 Å². The summed E-state index contributed by atoms with van der Waals surface area (Å²) in [7, 11) is 0. The Morgan fingerprint density at radius 1 is 1.20 bits per heavy atom. The molecule has 1 fully saturated rings. The minimum absolute atomic E-state index is 0.270. The van der Waals surface area contributed by atoms with E-state index in [1.807, 2.05) is 6.08 Å². The van der Waals surface area contributed by atoms with E-state index in [2.05, 4.69) is 6.58 Å². The van der Waals surface area contributed by atoms with Crippen LogP contribution in [0, 0.1) is 11.8 Å². The van der Waals surface area contributed by atoms with Crippen molar-refractivity contribution in [3.05, 3.63) is 12.7 Å². The summed E-state index contributed by atoms with van der Waals surface area (Å²) in [6.45, 7) is 3.72. The Kier molecular flexibility index (Phi) is 2.67. The highest BCUT2D eigenvalue weighted by Crippen LogP contribution is 2.28. The molecule has 0 radical (unpaired) electrons. The summed E-state index contributed by atoms with van der Waals surface area (Å²) in [6, 6.07) is 0. The summed E-state index contributed by atoms with van der Waals surface area (Å²) < 4.78 is 0. The van der Waals surface area contributed by atoms with Crippen LogP contribution >= 0.6 is 0 Å². The quantitative estimate of drug-likeness (QED) is 0.422. The standard InChI is InChI=1S/C9H14O/c1-2-8-5-3-4-6-9(8)7-10/h2,7-9H,1,3-6H2/t8?,9-/m0/s1. The van der Waals surface area contributed by atoms with E-state index in [1.165, 1.54) is 12.8 Å². The lowest BCUT2D eigenvalue weighted by Gasteiger charge is -2.24. The molecule has 0 spiro atoms. The Labute approximate surface area is 62.1 Å². The highest BCUT2D eigenvalue weighted by atomic mass is 16.1. The molecular weight excluding hydrogens is 124 g/mol. The Morgan fingerprint density at radius 2 is 1.80 bits per heavy atom. The monoisotopic (exact) mass is 138 g/mol. The van der Waals surface area contributed by atoms with Crippen LogP contribution in [0.2, 0.25) is 0 Å². The van der Waals surface area contributed by atoms with Gasteiger partial charge >= 0.3 is 0 Å². The van der Waals surface area contributed by atoms with E-state index in [9.17, 15) is 4.79 Å². The zero-order valence-electron chi connectivity index (χ0n) is 6.25. The fourth-order valence-electron chi connectivity index (χ4n) is 1.65. The molecule has 0 heterocycles. The molecule has 1 rings (SSSR count). The third kappa shape index (κ3) is 1.47. The molecule has 1 aliphatic rings. The Bertz CT molecular complexity index is 113. The lowest BCUT2D eigenvalue weighted by molar-refractivity contribution is -0.112. The maximum atomic E-state index is 10.5. The first-order valence-electron chi connectivity index (χ1n) is 3.96. The average Bonchev–Trinajstić information content (AvgIpc) is 2.04. The van der Waals surface area contributed by atoms with Crippen LogP contribution in [0.5, 0.6) is 0 Å². The van der Waals surface area contributed by atoms with Crippen molar-refractivity contribution in [2.24, 2.45) is 11.8 Å². The number of hydrogen-bond donors (Lipinski definition) is 0. The van der Waals surface area contributed by atoms with Gasteiger partial charge in [-0.05, 0) is 18.8 Å². The van der Waals surface area contributed by atoms with Gasteiger partial charge in [0, 0.05) is 5.92 Å². The number of carbonyl (C=O) groups is 1. The van der Waals surface area contributed by atoms with Crippen LogP contribution in [0.1, 0.15) is 25.7 Å². The first-order valence-corrected chi connectivity index (χ1v) is 3.96. The smallest absolute Gasteiger partial charge is 0.123 e. The van der Waals surface area contributed by atoms with Crippen molar-refractivity contribution in [1.29, 1.82) is 0 Å². The first-order chi connectivity index (χ1) is 4.88. The Hall–Kier alpha value is -0.590. The minimum atomic E-state index is 0.270. The zero-order chi connectivity index (χ0) is 7.40. The van der Waals surface area contributed by atoms with E-state index < -0.39 is 0 Å². The molecule has 0 aromatic heterocycles. The number of aldehydes is 1. The van der Waals surface area contributed by atoms with Gasteiger partial charge in [0.05, 0.1) is 0 Å². The normalized spacial score (nSPS) is 33.2. The van der Waals surface area contributed by atoms with Crippen molar-refractivity contribution in [1.82, 2.24) is 0 Å². The summed E-state index contributed by atoms with van der Waals surface area (Å²) in [4.78, 5) is 10.5. The van der Waals surface area contributed by atoms with Crippen molar-refractivity contribution in [2.75, 3.05) is 0 Å². The van der Waals surface area contributed by atoms with Gasteiger partial charge in [-0.15, -0.1) is 6.58 Å². The molecule has 0 aromatic carbocycles. The van der Waals surface area contributed by atoms with Crippen LogP contribution in [0.15, 0.2) is 12.7 Å². The molecule has 0 amide bonds. The number of carbonyl (C=O) groups excluding carboxylic acids is 1. The largest absolute Gasteiger partial charge is 0.303 e. The molecule has 1 unspecified atom stereocenters. The van der Waals surface area contributed by atoms with E-state index >= 15 is 0 Å². The molecule has 0 saturated heterocycles.